The Morgan fingerprint density at radius 3 is 2.62 bits per heavy atom. The molecule has 1 N–H and O–H groups in total. The predicted octanol–water partition coefficient (Wildman–Crippen LogP) is 4.79. The molecule has 0 saturated heterocycles. The molecule has 3 aromatic rings. The summed E-state index contributed by atoms with van der Waals surface area (Å²) in [5.74, 6) is 0.582. The van der Waals surface area contributed by atoms with E-state index >= 15 is 0 Å². The Morgan fingerprint density at radius 2 is 1.92 bits per heavy atom. The SMILES string of the molecule is CCOc1ccc(-c2csc(NN=Cc3ccc(F)cc3)n2)cc1. The van der Waals surface area contributed by atoms with Crippen LogP contribution in [0.3, 0.4) is 0 Å². The highest BCUT2D eigenvalue weighted by molar-refractivity contribution is 7.14. The van der Waals surface area contributed by atoms with E-state index in [1.165, 1.54) is 23.5 Å². The summed E-state index contributed by atoms with van der Waals surface area (Å²) >= 11 is 1.47. The van der Waals surface area contributed by atoms with Crippen LogP contribution < -0.4 is 10.2 Å². The van der Waals surface area contributed by atoms with E-state index < -0.39 is 0 Å². The lowest BCUT2D eigenvalue weighted by Crippen LogP contribution is -1.91. The number of thiazole rings is 1. The number of aromatic nitrogens is 1. The van der Waals surface area contributed by atoms with Crippen LogP contribution in [0.15, 0.2) is 59.0 Å². The topological polar surface area (TPSA) is 46.5 Å². The van der Waals surface area contributed by atoms with Gasteiger partial charge in [-0.2, -0.15) is 5.10 Å². The Kier molecular flexibility index (Phi) is 5.18. The van der Waals surface area contributed by atoms with Crippen LogP contribution in [-0.4, -0.2) is 17.8 Å². The second kappa shape index (κ2) is 7.70. The summed E-state index contributed by atoms with van der Waals surface area (Å²) in [7, 11) is 0. The van der Waals surface area contributed by atoms with Crippen molar-refractivity contribution in [2.45, 2.75) is 6.92 Å². The van der Waals surface area contributed by atoms with Crippen molar-refractivity contribution in [3.63, 3.8) is 0 Å². The molecule has 0 amide bonds. The number of hydrogen-bond acceptors (Lipinski definition) is 5. The molecule has 0 aliphatic heterocycles. The Balaban J connectivity index is 1.63. The molecule has 3 rings (SSSR count). The molecule has 0 unspecified atom stereocenters. The van der Waals surface area contributed by atoms with Crippen LogP contribution in [0.5, 0.6) is 5.75 Å². The van der Waals surface area contributed by atoms with Gasteiger partial charge in [0.15, 0.2) is 0 Å². The van der Waals surface area contributed by atoms with Crippen molar-refractivity contribution in [1.82, 2.24) is 4.98 Å². The molecule has 6 heteroatoms. The highest BCUT2D eigenvalue weighted by Gasteiger charge is 2.04. The number of hydrogen-bond donors (Lipinski definition) is 1. The maximum atomic E-state index is 12.8. The number of rotatable bonds is 6. The Bertz CT molecular complexity index is 813. The number of anilines is 1. The average Bonchev–Trinajstić information content (AvgIpc) is 3.07. The third kappa shape index (κ3) is 4.17. The molecule has 2 aromatic carbocycles. The molecule has 24 heavy (non-hydrogen) atoms. The van der Waals surface area contributed by atoms with Crippen LogP contribution in [0.25, 0.3) is 11.3 Å². The number of nitrogens with zero attached hydrogens (tertiary/aromatic N) is 2. The Labute approximate surface area is 143 Å². The largest absolute Gasteiger partial charge is 0.494 e. The molecule has 0 spiro atoms. The summed E-state index contributed by atoms with van der Waals surface area (Å²) < 4.78 is 18.3. The lowest BCUT2D eigenvalue weighted by Gasteiger charge is -2.03. The molecule has 1 heterocycles. The normalized spacial score (nSPS) is 10.9. The molecule has 122 valence electrons. The smallest absolute Gasteiger partial charge is 0.203 e. The predicted molar refractivity (Wildman–Crippen MR) is 96.3 cm³/mol. The first-order valence-corrected chi connectivity index (χ1v) is 8.36. The third-order valence-corrected chi connectivity index (χ3v) is 3.96. The summed E-state index contributed by atoms with van der Waals surface area (Å²) in [6, 6.07) is 13.9. The molecular formula is C18H16FN3OS. The summed E-state index contributed by atoms with van der Waals surface area (Å²) in [5.41, 5.74) is 5.60. The van der Waals surface area contributed by atoms with Crippen LogP contribution in [0.2, 0.25) is 0 Å². The summed E-state index contributed by atoms with van der Waals surface area (Å²) in [6.45, 7) is 2.61. The van der Waals surface area contributed by atoms with E-state index in [4.69, 9.17) is 4.74 Å². The van der Waals surface area contributed by atoms with Gasteiger partial charge >= 0.3 is 0 Å². The molecule has 0 radical (unpaired) electrons. The number of halogens is 1. The number of ether oxygens (including phenoxy) is 1. The summed E-state index contributed by atoms with van der Waals surface area (Å²) in [5, 5.41) is 6.77. The molecule has 4 nitrogen and oxygen atoms in total. The lowest BCUT2D eigenvalue weighted by atomic mass is 10.2. The van der Waals surface area contributed by atoms with E-state index in [2.05, 4.69) is 15.5 Å². The fraction of sp³-hybridized carbons (Fsp3) is 0.111. The van der Waals surface area contributed by atoms with Crippen LogP contribution in [-0.2, 0) is 0 Å². The van der Waals surface area contributed by atoms with Gasteiger partial charge in [-0.3, -0.25) is 5.43 Å². The zero-order valence-corrected chi connectivity index (χ0v) is 13.9. The average molecular weight is 341 g/mol. The zero-order chi connectivity index (χ0) is 16.8. The fourth-order valence-electron chi connectivity index (χ4n) is 2.06. The van der Waals surface area contributed by atoms with E-state index in [1.807, 2.05) is 36.6 Å². The highest BCUT2D eigenvalue weighted by Crippen LogP contribution is 2.26. The first-order chi connectivity index (χ1) is 11.7. The first kappa shape index (κ1) is 16.1. The quantitative estimate of drug-likeness (QED) is 0.518. The molecule has 0 atom stereocenters. The number of nitrogens with one attached hydrogen (secondary N) is 1. The standard InChI is InChI=1S/C18H16FN3OS/c1-2-23-16-9-5-14(6-10-16)17-12-24-18(21-17)22-20-11-13-3-7-15(19)8-4-13/h3-12H,2H2,1H3,(H,21,22). The minimum atomic E-state index is -0.264. The molecule has 0 saturated carbocycles. The molecule has 0 fully saturated rings. The van der Waals surface area contributed by atoms with Crippen molar-refractivity contribution >= 4 is 22.7 Å². The first-order valence-electron chi connectivity index (χ1n) is 7.48. The molecule has 1 aromatic heterocycles. The van der Waals surface area contributed by atoms with E-state index in [-0.39, 0.29) is 5.82 Å². The van der Waals surface area contributed by atoms with E-state index in [1.54, 1.807) is 18.3 Å². The van der Waals surface area contributed by atoms with Gasteiger partial charge in [-0.1, -0.05) is 12.1 Å². The van der Waals surface area contributed by atoms with Gasteiger partial charge in [0.1, 0.15) is 11.6 Å². The van der Waals surface area contributed by atoms with E-state index in [9.17, 15) is 4.39 Å². The highest BCUT2D eigenvalue weighted by atomic mass is 32.1. The minimum Gasteiger partial charge on any atom is -0.494 e. The second-order valence-electron chi connectivity index (χ2n) is 4.92. The Morgan fingerprint density at radius 1 is 1.17 bits per heavy atom. The molecule has 0 bridgehead atoms. The van der Waals surface area contributed by atoms with Crippen molar-refractivity contribution < 1.29 is 9.13 Å². The fourth-order valence-corrected chi connectivity index (χ4v) is 2.73. The maximum Gasteiger partial charge on any atom is 0.203 e. The van der Waals surface area contributed by atoms with Crippen LogP contribution in [0.1, 0.15) is 12.5 Å². The van der Waals surface area contributed by atoms with Crippen molar-refractivity contribution in [2.75, 3.05) is 12.0 Å². The monoisotopic (exact) mass is 341 g/mol. The molecular weight excluding hydrogens is 325 g/mol. The number of hydrazone groups is 1. The van der Waals surface area contributed by atoms with Gasteiger partial charge in [0.2, 0.25) is 5.13 Å². The maximum absolute atomic E-state index is 12.8. The van der Waals surface area contributed by atoms with Gasteiger partial charge < -0.3 is 4.74 Å². The van der Waals surface area contributed by atoms with Crippen molar-refractivity contribution in [1.29, 1.82) is 0 Å². The zero-order valence-electron chi connectivity index (χ0n) is 13.1. The number of benzene rings is 2. The van der Waals surface area contributed by atoms with Gasteiger partial charge in [-0.25, -0.2) is 9.37 Å². The third-order valence-electron chi connectivity index (χ3n) is 3.21. The lowest BCUT2D eigenvalue weighted by molar-refractivity contribution is 0.340. The van der Waals surface area contributed by atoms with Crippen molar-refractivity contribution in [2.24, 2.45) is 5.10 Å². The van der Waals surface area contributed by atoms with Crippen molar-refractivity contribution in [3.8, 4) is 17.0 Å². The van der Waals surface area contributed by atoms with Crippen LogP contribution in [0, 0.1) is 5.82 Å². The second-order valence-corrected chi connectivity index (χ2v) is 5.77. The van der Waals surface area contributed by atoms with Gasteiger partial charge in [0, 0.05) is 10.9 Å². The van der Waals surface area contributed by atoms with E-state index in [0.29, 0.717) is 11.7 Å². The van der Waals surface area contributed by atoms with Crippen LogP contribution >= 0.6 is 11.3 Å². The van der Waals surface area contributed by atoms with E-state index in [0.717, 1.165) is 22.6 Å². The van der Waals surface area contributed by atoms with Crippen molar-refractivity contribution in [3.05, 3.63) is 65.3 Å². The summed E-state index contributed by atoms with van der Waals surface area (Å²) in [6.07, 6.45) is 1.62. The van der Waals surface area contributed by atoms with Crippen LogP contribution in [0.4, 0.5) is 9.52 Å². The van der Waals surface area contributed by atoms with Gasteiger partial charge in [-0.15, -0.1) is 11.3 Å². The van der Waals surface area contributed by atoms with Gasteiger partial charge in [0.05, 0.1) is 18.5 Å². The molecule has 0 aliphatic rings. The molecule has 0 aliphatic carbocycles. The van der Waals surface area contributed by atoms with Gasteiger partial charge in [0.25, 0.3) is 0 Å². The van der Waals surface area contributed by atoms with Gasteiger partial charge in [-0.05, 0) is 48.9 Å². The minimum absolute atomic E-state index is 0.264. The Hall–Kier alpha value is -2.73. The summed E-state index contributed by atoms with van der Waals surface area (Å²) in [4.78, 5) is 4.49.